The fourth-order valence-corrected chi connectivity index (χ4v) is 3.88. The lowest BCUT2D eigenvalue weighted by molar-refractivity contribution is 0.0505. The predicted molar refractivity (Wildman–Crippen MR) is 97.1 cm³/mol. The molecular weight excluding hydrogens is 314 g/mol. The molecule has 2 aromatic rings. The first-order valence-corrected chi connectivity index (χ1v) is 9.12. The van der Waals surface area contributed by atoms with E-state index in [9.17, 15) is 5.11 Å². The number of hydrogen-bond acceptors (Lipinski definition) is 4. The minimum Gasteiger partial charge on any atom is -0.486 e. The van der Waals surface area contributed by atoms with Crippen LogP contribution in [0.4, 0.5) is 0 Å². The number of fused-ring (bicyclic) bond motifs is 1. The molecule has 2 aromatic carbocycles. The Kier molecular flexibility index (Phi) is 4.90. The number of benzene rings is 2. The van der Waals surface area contributed by atoms with Crippen LogP contribution in [0.2, 0.25) is 0 Å². The fourth-order valence-electron chi connectivity index (χ4n) is 3.88. The zero-order valence-corrected chi connectivity index (χ0v) is 14.4. The average Bonchev–Trinajstić information content (AvgIpc) is 2.68. The molecule has 0 spiro atoms. The molecule has 0 amide bonds. The van der Waals surface area contributed by atoms with Gasteiger partial charge in [-0.15, -0.1) is 0 Å². The minimum atomic E-state index is 0.0810. The van der Waals surface area contributed by atoms with Crippen molar-refractivity contribution in [3.05, 3.63) is 59.7 Å². The van der Waals surface area contributed by atoms with Crippen LogP contribution in [-0.2, 0) is 6.61 Å². The summed E-state index contributed by atoms with van der Waals surface area (Å²) >= 11 is 0. The van der Waals surface area contributed by atoms with E-state index >= 15 is 0 Å². The number of nitrogens with zero attached hydrogens (tertiary/aromatic N) is 1. The van der Waals surface area contributed by atoms with Gasteiger partial charge >= 0.3 is 0 Å². The molecule has 4 rings (SSSR count). The van der Waals surface area contributed by atoms with Crippen molar-refractivity contribution < 1.29 is 14.6 Å². The summed E-state index contributed by atoms with van der Waals surface area (Å²) in [5.41, 5.74) is 2.33. The van der Waals surface area contributed by atoms with E-state index in [1.807, 2.05) is 30.3 Å². The van der Waals surface area contributed by atoms with Crippen LogP contribution in [0, 0.1) is 0 Å². The van der Waals surface area contributed by atoms with Gasteiger partial charge in [0.2, 0.25) is 0 Å². The second-order valence-electron chi connectivity index (χ2n) is 7.00. The van der Waals surface area contributed by atoms with Gasteiger partial charge in [-0.1, -0.05) is 36.4 Å². The Labute approximate surface area is 149 Å². The molecule has 1 N–H and O–H groups in total. The van der Waals surface area contributed by atoms with Crippen LogP contribution >= 0.6 is 0 Å². The van der Waals surface area contributed by atoms with Crippen LogP contribution in [0.1, 0.15) is 29.9 Å². The van der Waals surface area contributed by atoms with Gasteiger partial charge in [-0.05, 0) is 48.6 Å². The molecule has 1 saturated heterocycles. The summed E-state index contributed by atoms with van der Waals surface area (Å²) in [6, 6.07) is 16.2. The first-order valence-electron chi connectivity index (χ1n) is 9.12. The number of rotatable bonds is 4. The minimum absolute atomic E-state index is 0.0810. The number of piperidine rings is 1. The summed E-state index contributed by atoms with van der Waals surface area (Å²) in [7, 11) is 0. The van der Waals surface area contributed by atoms with Crippen LogP contribution in [0.15, 0.2) is 48.5 Å². The molecule has 2 atom stereocenters. The molecule has 132 valence electrons. The molecular formula is C21H25NO3. The van der Waals surface area contributed by atoms with Gasteiger partial charge in [0.25, 0.3) is 0 Å². The molecule has 0 aromatic heterocycles. The quantitative estimate of drug-likeness (QED) is 0.929. The van der Waals surface area contributed by atoms with Crippen LogP contribution in [-0.4, -0.2) is 42.4 Å². The molecule has 1 unspecified atom stereocenters. The lowest BCUT2D eigenvalue weighted by Crippen LogP contribution is -2.44. The standard InChI is InChI=1S/C21H25NO3/c23-14-16-5-3-6-17(11-16)18-7-4-10-22(12-18)13-19-15-24-20-8-1-2-9-21(20)25-19/h1-3,5-6,8-9,11,18-19,23H,4,7,10,12-15H2/t18?,19-/m0/s1. The monoisotopic (exact) mass is 339 g/mol. The van der Waals surface area contributed by atoms with E-state index in [2.05, 4.69) is 23.1 Å². The van der Waals surface area contributed by atoms with Crippen molar-refractivity contribution in [3.63, 3.8) is 0 Å². The topological polar surface area (TPSA) is 41.9 Å². The number of likely N-dealkylation sites (tertiary alicyclic amines) is 1. The van der Waals surface area contributed by atoms with Gasteiger partial charge in [-0.25, -0.2) is 0 Å². The molecule has 2 aliphatic heterocycles. The maximum Gasteiger partial charge on any atom is 0.161 e. The number of aliphatic hydroxyl groups excluding tert-OH is 1. The summed E-state index contributed by atoms with van der Waals surface area (Å²) in [4.78, 5) is 2.49. The Morgan fingerprint density at radius 2 is 1.96 bits per heavy atom. The third-order valence-electron chi connectivity index (χ3n) is 5.14. The van der Waals surface area contributed by atoms with Crippen LogP contribution in [0.3, 0.4) is 0 Å². The molecule has 4 heteroatoms. The molecule has 4 nitrogen and oxygen atoms in total. The highest BCUT2D eigenvalue weighted by Gasteiger charge is 2.27. The molecule has 1 fully saturated rings. The highest BCUT2D eigenvalue weighted by molar-refractivity contribution is 5.40. The first kappa shape index (κ1) is 16.4. The van der Waals surface area contributed by atoms with Gasteiger partial charge in [-0.3, -0.25) is 4.90 Å². The van der Waals surface area contributed by atoms with E-state index in [1.54, 1.807) is 0 Å². The molecule has 25 heavy (non-hydrogen) atoms. The predicted octanol–water partition coefficient (Wildman–Crippen LogP) is 3.20. The maximum atomic E-state index is 9.37. The third-order valence-corrected chi connectivity index (χ3v) is 5.14. The van der Waals surface area contributed by atoms with E-state index in [-0.39, 0.29) is 12.7 Å². The molecule has 0 radical (unpaired) electrons. The fraction of sp³-hybridized carbons (Fsp3) is 0.429. The lowest BCUT2D eigenvalue weighted by Gasteiger charge is -2.36. The Bertz CT molecular complexity index is 718. The van der Waals surface area contributed by atoms with Gasteiger partial charge in [0.15, 0.2) is 11.5 Å². The van der Waals surface area contributed by atoms with Crippen molar-refractivity contribution in [1.82, 2.24) is 4.90 Å². The Morgan fingerprint density at radius 1 is 1.08 bits per heavy atom. The van der Waals surface area contributed by atoms with Gasteiger partial charge in [0.05, 0.1) is 6.61 Å². The van der Waals surface area contributed by atoms with E-state index in [0.29, 0.717) is 12.5 Å². The van der Waals surface area contributed by atoms with E-state index < -0.39 is 0 Å². The number of ether oxygens (including phenoxy) is 2. The second-order valence-corrected chi connectivity index (χ2v) is 7.00. The number of para-hydroxylation sites is 2. The van der Waals surface area contributed by atoms with Crippen molar-refractivity contribution in [1.29, 1.82) is 0 Å². The third kappa shape index (κ3) is 3.80. The molecule has 0 saturated carbocycles. The Balaban J connectivity index is 1.39. The summed E-state index contributed by atoms with van der Waals surface area (Å²) in [5.74, 6) is 2.22. The zero-order chi connectivity index (χ0) is 17.1. The van der Waals surface area contributed by atoms with Gasteiger partial charge in [0, 0.05) is 13.1 Å². The van der Waals surface area contributed by atoms with Gasteiger partial charge in [0.1, 0.15) is 12.7 Å². The van der Waals surface area contributed by atoms with Crippen LogP contribution in [0.25, 0.3) is 0 Å². The molecule has 2 aliphatic rings. The van der Waals surface area contributed by atoms with Crippen molar-refractivity contribution >= 4 is 0 Å². The SMILES string of the molecule is OCc1cccc(C2CCCN(C[C@H]3COc4ccccc4O3)C2)c1. The van der Waals surface area contributed by atoms with Crippen LogP contribution < -0.4 is 9.47 Å². The van der Waals surface area contributed by atoms with Crippen molar-refractivity contribution in [2.45, 2.75) is 31.5 Å². The molecule has 0 bridgehead atoms. The summed E-state index contributed by atoms with van der Waals surface area (Å²) in [6.07, 6.45) is 2.48. The van der Waals surface area contributed by atoms with E-state index in [1.165, 1.54) is 18.4 Å². The number of hydrogen-bond donors (Lipinski definition) is 1. The van der Waals surface area contributed by atoms with E-state index in [0.717, 1.165) is 36.7 Å². The molecule has 0 aliphatic carbocycles. The van der Waals surface area contributed by atoms with Gasteiger partial charge < -0.3 is 14.6 Å². The average molecular weight is 339 g/mol. The molecule has 2 heterocycles. The summed E-state index contributed by atoms with van der Waals surface area (Å²) in [6.45, 7) is 3.76. The highest BCUT2D eigenvalue weighted by Crippen LogP contribution is 2.32. The Morgan fingerprint density at radius 3 is 2.84 bits per heavy atom. The first-order chi connectivity index (χ1) is 12.3. The van der Waals surface area contributed by atoms with Crippen molar-refractivity contribution in [3.8, 4) is 11.5 Å². The Hall–Kier alpha value is -2.04. The van der Waals surface area contributed by atoms with E-state index in [4.69, 9.17) is 9.47 Å². The second kappa shape index (κ2) is 7.46. The normalized spacial score (nSPS) is 23.4. The van der Waals surface area contributed by atoms with Crippen molar-refractivity contribution in [2.24, 2.45) is 0 Å². The smallest absolute Gasteiger partial charge is 0.161 e. The van der Waals surface area contributed by atoms with Crippen molar-refractivity contribution in [2.75, 3.05) is 26.2 Å². The zero-order valence-electron chi connectivity index (χ0n) is 14.4. The maximum absolute atomic E-state index is 9.37. The highest BCUT2D eigenvalue weighted by atomic mass is 16.6. The largest absolute Gasteiger partial charge is 0.486 e. The summed E-state index contributed by atoms with van der Waals surface area (Å²) < 4.78 is 12.0. The summed E-state index contributed by atoms with van der Waals surface area (Å²) in [5, 5.41) is 9.37. The number of aliphatic hydroxyl groups is 1. The van der Waals surface area contributed by atoms with Gasteiger partial charge in [-0.2, -0.15) is 0 Å². The lowest BCUT2D eigenvalue weighted by atomic mass is 9.89. The van der Waals surface area contributed by atoms with Crippen LogP contribution in [0.5, 0.6) is 11.5 Å².